The Morgan fingerprint density at radius 2 is 0.542 bits per heavy atom. The molecule has 1 nitrogen and oxygen atoms in total. The van der Waals surface area contributed by atoms with Crippen LogP contribution in [-0.2, 0) is 0 Å². The van der Waals surface area contributed by atoms with Gasteiger partial charge in [-0.1, -0.05) is 0 Å². The summed E-state index contributed by atoms with van der Waals surface area (Å²) in [5.74, 6) is -118. The zero-order valence-electron chi connectivity index (χ0n) is 22.5. The second-order valence-electron chi connectivity index (χ2n) is 10.4. The molecule has 0 aromatic carbocycles. The number of rotatable bonds is 16. The third-order valence-electron chi connectivity index (χ3n) is 6.58. The number of alkyl halides is 28. The van der Waals surface area contributed by atoms with Gasteiger partial charge in [0.15, 0.2) is 0 Å². The van der Waals surface area contributed by atoms with Gasteiger partial charge in [-0.2, -0.15) is 114 Å². The summed E-state index contributed by atoms with van der Waals surface area (Å²) in [6.45, 7) is -2.92. The van der Waals surface area contributed by atoms with Gasteiger partial charge in [-0.05, 0) is 6.92 Å². The first-order valence-electron chi connectivity index (χ1n) is 11.2. The first-order chi connectivity index (χ1) is 20.2. The summed E-state index contributed by atoms with van der Waals surface area (Å²) in [5.41, 5.74) is 0. The summed E-state index contributed by atoms with van der Waals surface area (Å²) in [6, 6.07) is 0. The predicted molar refractivity (Wildman–Crippen MR) is 97.8 cm³/mol. The highest BCUT2D eigenvalue weighted by Crippen LogP contribution is 2.68. The molecule has 0 N–H and O–H groups in total. The van der Waals surface area contributed by atoms with Crippen molar-refractivity contribution in [3.05, 3.63) is 0 Å². The first kappa shape index (κ1) is 46.0. The lowest BCUT2D eigenvalue weighted by atomic mass is 9.83. The molecule has 0 atom stereocenters. The number of quaternary nitrogens is 1. The Morgan fingerprint density at radius 1 is 0.354 bits per heavy atom. The fraction of sp³-hybridized carbons (Fsp3) is 1.00. The summed E-state index contributed by atoms with van der Waals surface area (Å²) in [5, 5.41) is 0. The van der Waals surface area contributed by atoms with Crippen molar-refractivity contribution in [3.63, 3.8) is 0 Å². The number of nitrogens with zero attached hydrogens (tertiary/aromatic N) is 1. The molecule has 0 radical (unpaired) electrons. The van der Waals surface area contributed by atoms with Gasteiger partial charge in [-0.25, -0.2) is 8.78 Å². The molecule has 290 valence electrons. The molecule has 0 aromatic heterocycles. The van der Waals surface area contributed by atoms with Crippen molar-refractivity contribution in [1.82, 2.24) is 0 Å². The molecule has 0 amide bonds. The Hall–Kier alpha value is -2.00. The molecule has 29 heteroatoms. The van der Waals surface area contributed by atoms with Gasteiger partial charge in [0.25, 0.3) is 0 Å². The Bertz CT molecular complexity index is 1150. The van der Waals surface area contributed by atoms with Gasteiger partial charge in [0.05, 0.1) is 20.6 Å². The largest absolute Gasteiger partial charge is 0.385 e. The molecule has 0 unspecified atom stereocenters. The van der Waals surface area contributed by atoms with Crippen molar-refractivity contribution in [2.45, 2.75) is 90.3 Å². The fourth-order valence-electron chi connectivity index (χ4n) is 3.10. The van der Waals surface area contributed by atoms with Crippen LogP contribution >= 0.6 is 0 Å². The van der Waals surface area contributed by atoms with Crippen molar-refractivity contribution in [1.29, 1.82) is 0 Å². The molecule has 0 aliphatic carbocycles. The SMILES string of the molecule is CC[N+](C)(C)CC(F)(F)C(F)(F)C(F)(F)C(F)(F)C(F)(F)C(F)(F)C(F)(F)C(F)(F)C(F)(F)C(F)(F)C(F)(F)C(F)(F)C(F)(F)C(F)F. The van der Waals surface area contributed by atoms with E-state index < -0.39 is 101 Å². The van der Waals surface area contributed by atoms with Crippen LogP contribution in [0.2, 0.25) is 0 Å². The van der Waals surface area contributed by atoms with E-state index in [0.717, 1.165) is 6.92 Å². The zero-order chi connectivity index (χ0) is 40.0. The fourth-order valence-corrected chi connectivity index (χ4v) is 3.10. The average Bonchev–Trinajstić information content (AvgIpc) is 2.86. The molecule has 0 fully saturated rings. The van der Waals surface area contributed by atoms with E-state index >= 15 is 0 Å². The summed E-state index contributed by atoms with van der Waals surface area (Å²) in [7, 11) is 0.797. The third kappa shape index (κ3) is 5.56. The van der Waals surface area contributed by atoms with E-state index in [4.69, 9.17) is 0 Å². The zero-order valence-corrected chi connectivity index (χ0v) is 22.5. The Balaban J connectivity index is 7.50. The van der Waals surface area contributed by atoms with E-state index in [1.165, 1.54) is 0 Å². The maximum atomic E-state index is 14.0. The molecule has 0 rings (SSSR count). The standard InChI is InChI=1S/C19H14F28N/c1-4-48(2,3)5-7(22,23)9(26,27)11(30,31)13(34,35)15(38,39)17(42,43)19(46,47)18(44,45)16(40,41)14(36,37)12(32,33)10(28,29)8(24,25)6(20)21/h6H,4-5H2,1-3H3/q+1. The summed E-state index contributed by atoms with van der Waals surface area (Å²) >= 11 is 0. The smallest absolute Gasteiger partial charge is 0.324 e. The van der Waals surface area contributed by atoms with Crippen molar-refractivity contribution in [2.75, 3.05) is 27.2 Å². The van der Waals surface area contributed by atoms with E-state index in [9.17, 15) is 123 Å². The van der Waals surface area contributed by atoms with E-state index in [1.807, 2.05) is 0 Å². The molecule has 0 saturated heterocycles. The summed E-state index contributed by atoms with van der Waals surface area (Å²) in [6.07, 6.45) is -6.37. The topological polar surface area (TPSA) is 0 Å². The van der Waals surface area contributed by atoms with Crippen LogP contribution in [-0.4, -0.2) is 115 Å². The molecular formula is C19H14F28N+. The van der Waals surface area contributed by atoms with Gasteiger partial charge in [0, 0.05) is 0 Å². The minimum absolute atomic E-state index is 0.398. The lowest BCUT2D eigenvalue weighted by Crippen LogP contribution is -2.79. The van der Waals surface area contributed by atoms with E-state index in [2.05, 4.69) is 0 Å². The van der Waals surface area contributed by atoms with Gasteiger partial charge >= 0.3 is 83.4 Å². The average molecular weight is 788 g/mol. The number of hydrogen-bond acceptors (Lipinski definition) is 0. The van der Waals surface area contributed by atoms with Crippen molar-refractivity contribution in [2.24, 2.45) is 0 Å². The molecule has 0 aliphatic heterocycles. The van der Waals surface area contributed by atoms with E-state index in [-0.39, 0.29) is 0 Å². The van der Waals surface area contributed by atoms with Crippen LogP contribution < -0.4 is 0 Å². The van der Waals surface area contributed by atoms with Gasteiger partial charge < -0.3 is 4.48 Å². The maximum Gasteiger partial charge on any atom is 0.385 e. The maximum absolute atomic E-state index is 14.0. The van der Waals surface area contributed by atoms with Gasteiger partial charge in [0.2, 0.25) is 0 Å². The molecule has 0 saturated carbocycles. The lowest BCUT2D eigenvalue weighted by Gasteiger charge is -2.46. The molecule has 0 aliphatic rings. The van der Waals surface area contributed by atoms with Crippen LogP contribution in [0.15, 0.2) is 0 Å². The van der Waals surface area contributed by atoms with Crippen LogP contribution in [0.1, 0.15) is 6.92 Å². The number of halogens is 28. The second-order valence-corrected chi connectivity index (χ2v) is 10.4. The molecular weight excluding hydrogens is 774 g/mol. The summed E-state index contributed by atoms with van der Waals surface area (Å²) < 4.78 is 378. The van der Waals surface area contributed by atoms with Crippen LogP contribution in [0.25, 0.3) is 0 Å². The molecule has 0 bridgehead atoms. The lowest BCUT2D eigenvalue weighted by molar-refractivity contribution is -0.898. The van der Waals surface area contributed by atoms with Gasteiger partial charge in [0.1, 0.15) is 6.54 Å². The Labute approximate surface area is 246 Å². The van der Waals surface area contributed by atoms with Crippen LogP contribution in [0.4, 0.5) is 123 Å². The van der Waals surface area contributed by atoms with Crippen molar-refractivity contribution >= 4 is 0 Å². The Kier molecular flexibility index (Phi) is 11.0. The quantitative estimate of drug-likeness (QED) is 0.108. The third-order valence-corrected chi connectivity index (χ3v) is 6.58. The minimum atomic E-state index is -9.81. The molecule has 48 heavy (non-hydrogen) atoms. The van der Waals surface area contributed by atoms with E-state index in [1.54, 1.807) is 0 Å². The van der Waals surface area contributed by atoms with E-state index in [0.29, 0.717) is 14.1 Å². The highest BCUT2D eigenvalue weighted by Gasteiger charge is 3.00. The van der Waals surface area contributed by atoms with Crippen LogP contribution in [0.3, 0.4) is 0 Å². The first-order valence-corrected chi connectivity index (χ1v) is 11.2. The molecule has 0 heterocycles. The van der Waals surface area contributed by atoms with Crippen LogP contribution in [0.5, 0.6) is 0 Å². The molecule has 0 spiro atoms. The highest BCUT2D eigenvalue weighted by molar-refractivity contribution is 5.20. The highest BCUT2D eigenvalue weighted by atomic mass is 19.4. The van der Waals surface area contributed by atoms with Crippen molar-refractivity contribution in [3.8, 4) is 0 Å². The number of hydrogen-bond donors (Lipinski definition) is 0. The predicted octanol–water partition coefficient (Wildman–Crippen LogP) is 9.61. The Morgan fingerprint density at radius 3 is 0.729 bits per heavy atom. The summed E-state index contributed by atoms with van der Waals surface area (Å²) in [4.78, 5) is 0. The van der Waals surface area contributed by atoms with Crippen molar-refractivity contribution < 1.29 is 127 Å². The monoisotopic (exact) mass is 788 g/mol. The van der Waals surface area contributed by atoms with Crippen LogP contribution in [0, 0.1) is 0 Å². The normalized spacial score (nSPS) is 17.0. The van der Waals surface area contributed by atoms with Gasteiger partial charge in [-0.3, -0.25) is 0 Å². The minimum Gasteiger partial charge on any atom is -0.324 e. The van der Waals surface area contributed by atoms with Gasteiger partial charge in [-0.15, -0.1) is 0 Å². The molecule has 0 aromatic rings. The second kappa shape index (κ2) is 11.5.